The smallest absolute Gasteiger partial charge is 0.259 e. The molecule has 1 amide bonds. The molecule has 1 aromatic carbocycles. The van der Waals surface area contributed by atoms with Crippen molar-refractivity contribution in [2.75, 3.05) is 25.0 Å². The standard InChI is InChI=1S/C25H34N4O/c1-18-12-14-29(15-13-18)25(30)22-17-26-23(20-9-7-8-19(2)16-20)27-24(22)28(3)21-10-5-4-6-11-21/h7-9,16-18,21H,4-6,10-15H2,1-3H3. The SMILES string of the molecule is Cc1cccc(-c2ncc(C(=O)N3CCC(C)CC3)c(N(C)C3CCCCC3)n2)c1. The number of carbonyl (C=O) groups excluding carboxylic acids is 1. The molecule has 0 unspecified atom stereocenters. The van der Waals surface area contributed by atoms with Crippen molar-refractivity contribution in [3.05, 3.63) is 41.6 Å². The van der Waals surface area contributed by atoms with Crippen LogP contribution >= 0.6 is 0 Å². The first-order chi connectivity index (χ1) is 14.5. The van der Waals surface area contributed by atoms with Gasteiger partial charge in [0.25, 0.3) is 5.91 Å². The van der Waals surface area contributed by atoms with Crippen molar-refractivity contribution in [1.29, 1.82) is 0 Å². The number of nitrogens with zero attached hydrogens (tertiary/aromatic N) is 4. The van der Waals surface area contributed by atoms with Gasteiger partial charge in [-0.25, -0.2) is 9.97 Å². The summed E-state index contributed by atoms with van der Waals surface area (Å²) in [6.45, 7) is 6.00. The Morgan fingerprint density at radius 3 is 2.53 bits per heavy atom. The van der Waals surface area contributed by atoms with Crippen LogP contribution in [-0.2, 0) is 0 Å². The summed E-state index contributed by atoms with van der Waals surface area (Å²) in [5.41, 5.74) is 2.83. The van der Waals surface area contributed by atoms with Gasteiger partial charge in [-0.1, -0.05) is 49.9 Å². The lowest BCUT2D eigenvalue weighted by Crippen LogP contribution is -2.40. The summed E-state index contributed by atoms with van der Waals surface area (Å²) < 4.78 is 0. The number of aromatic nitrogens is 2. The second-order valence-electron chi connectivity index (χ2n) is 9.18. The molecular weight excluding hydrogens is 372 g/mol. The van der Waals surface area contributed by atoms with Crippen LogP contribution in [-0.4, -0.2) is 47.0 Å². The van der Waals surface area contributed by atoms with Crippen molar-refractivity contribution in [1.82, 2.24) is 14.9 Å². The summed E-state index contributed by atoms with van der Waals surface area (Å²) in [4.78, 5) is 27.3. The molecule has 2 fully saturated rings. The molecule has 5 heteroatoms. The number of benzene rings is 1. The summed E-state index contributed by atoms with van der Waals surface area (Å²) >= 11 is 0. The van der Waals surface area contributed by atoms with Gasteiger partial charge in [0.2, 0.25) is 0 Å². The zero-order chi connectivity index (χ0) is 21.1. The molecule has 0 N–H and O–H groups in total. The minimum Gasteiger partial charge on any atom is -0.356 e. The van der Waals surface area contributed by atoms with Gasteiger partial charge < -0.3 is 9.80 Å². The molecule has 30 heavy (non-hydrogen) atoms. The Morgan fingerprint density at radius 1 is 1.10 bits per heavy atom. The molecule has 1 aliphatic heterocycles. The Bertz CT molecular complexity index is 882. The number of carbonyl (C=O) groups is 1. The second kappa shape index (κ2) is 9.15. The van der Waals surface area contributed by atoms with Crippen molar-refractivity contribution in [2.24, 2.45) is 5.92 Å². The Hall–Kier alpha value is -2.43. The van der Waals surface area contributed by atoms with E-state index in [1.807, 2.05) is 17.0 Å². The molecule has 0 radical (unpaired) electrons. The molecule has 160 valence electrons. The van der Waals surface area contributed by atoms with Crippen LogP contribution in [0, 0.1) is 12.8 Å². The maximum absolute atomic E-state index is 13.4. The summed E-state index contributed by atoms with van der Waals surface area (Å²) in [5.74, 6) is 2.26. The predicted molar refractivity (Wildman–Crippen MR) is 122 cm³/mol. The summed E-state index contributed by atoms with van der Waals surface area (Å²) in [5, 5.41) is 0. The van der Waals surface area contributed by atoms with E-state index in [4.69, 9.17) is 4.98 Å². The molecule has 1 aliphatic carbocycles. The molecule has 5 nitrogen and oxygen atoms in total. The summed E-state index contributed by atoms with van der Waals surface area (Å²) in [6, 6.07) is 8.69. The van der Waals surface area contributed by atoms with E-state index in [9.17, 15) is 4.79 Å². The van der Waals surface area contributed by atoms with Crippen LogP contribution in [0.4, 0.5) is 5.82 Å². The highest BCUT2D eigenvalue weighted by Crippen LogP contribution is 2.30. The van der Waals surface area contributed by atoms with Gasteiger partial charge in [-0.2, -0.15) is 0 Å². The quantitative estimate of drug-likeness (QED) is 0.709. The first-order valence-corrected chi connectivity index (χ1v) is 11.5. The van der Waals surface area contributed by atoms with Crippen LogP contribution in [0.25, 0.3) is 11.4 Å². The third-order valence-corrected chi connectivity index (χ3v) is 6.80. The van der Waals surface area contributed by atoms with Crippen molar-refractivity contribution in [3.63, 3.8) is 0 Å². The molecule has 1 aromatic heterocycles. The van der Waals surface area contributed by atoms with Gasteiger partial charge in [0.1, 0.15) is 11.4 Å². The Kier molecular flexibility index (Phi) is 6.35. The van der Waals surface area contributed by atoms with E-state index in [0.717, 1.165) is 50.2 Å². The third kappa shape index (κ3) is 4.50. The zero-order valence-electron chi connectivity index (χ0n) is 18.6. The van der Waals surface area contributed by atoms with Crippen LogP contribution in [0.3, 0.4) is 0 Å². The first-order valence-electron chi connectivity index (χ1n) is 11.5. The van der Waals surface area contributed by atoms with Gasteiger partial charge in [0.05, 0.1) is 0 Å². The maximum Gasteiger partial charge on any atom is 0.259 e. The fraction of sp³-hybridized carbons (Fsp3) is 0.560. The van der Waals surface area contributed by atoms with Crippen LogP contribution in [0.15, 0.2) is 30.5 Å². The molecule has 2 heterocycles. The Morgan fingerprint density at radius 2 is 1.83 bits per heavy atom. The van der Waals surface area contributed by atoms with Crippen molar-refractivity contribution in [2.45, 2.75) is 64.8 Å². The number of aryl methyl sites for hydroxylation is 1. The minimum atomic E-state index is 0.0790. The van der Waals surface area contributed by atoms with E-state index < -0.39 is 0 Å². The predicted octanol–water partition coefficient (Wildman–Crippen LogP) is 5.09. The normalized spacial score (nSPS) is 18.4. The lowest BCUT2D eigenvalue weighted by molar-refractivity contribution is 0.0697. The van der Waals surface area contributed by atoms with E-state index in [1.165, 1.54) is 24.8 Å². The minimum absolute atomic E-state index is 0.0790. The molecular formula is C25H34N4O. The zero-order valence-corrected chi connectivity index (χ0v) is 18.6. The molecule has 0 bridgehead atoms. The highest BCUT2D eigenvalue weighted by molar-refractivity contribution is 5.99. The highest BCUT2D eigenvalue weighted by atomic mass is 16.2. The Labute approximate surface area is 180 Å². The molecule has 2 aliphatic rings. The average Bonchev–Trinajstić information content (AvgIpc) is 2.79. The lowest BCUT2D eigenvalue weighted by atomic mass is 9.94. The van der Waals surface area contributed by atoms with Crippen LogP contribution in [0.1, 0.15) is 67.8 Å². The lowest BCUT2D eigenvalue weighted by Gasteiger charge is -2.35. The highest BCUT2D eigenvalue weighted by Gasteiger charge is 2.28. The number of rotatable bonds is 4. The maximum atomic E-state index is 13.4. The number of piperidine rings is 1. The van der Waals surface area contributed by atoms with E-state index in [0.29, 0.717) is 23.3 Å². The molecule has 0 spiro atoms. The van der Waals surface area contributed by atoms with Gasteiger partial charge in [0, 0.05) is 37.9 Å². The van der Waals surface area contributed by atoms with Crippen molar-refractivity contribution >= 4 is 11.7 Å². The van der Waals surface area contributed by atoms with Gasteiger partial charge in [-0.15, -0.1) is 0 Å². The number of likely N-dealkylation sites (tertiary alicyclic amines) is 1. The average molecular weight is 407 g/mol. The van der Waals surface area contributed by atoms with Crippen LogP contribution in [0.5, 0.6) is 0 Å². The van der Waals surface area contributed by atoms with E-state index in [2.05, 4.69) is 42.9 Å². The van der Waals surface area contributed by atoms with E-state index in [1.54, 1.807) is 6.20 Å². The molecule has 0 atom stereocenters. The van der Waals surface area contributed by atoms with Crippen molar-refractivity contribution < 1.29 is 4.79 Å². The monoisotopic (exact) mass is 406 g/mol. The number of hydrogen-bond acceptors (Lipinski definition) is 4. The summed E-state index contributed by atoms with van der Waals surface area (Å²) in [7, 11) is 2.10. The van der Waals surface area contributed by atoms with E-state index >= 15 is 0 Å². The number of anilines is 1. The molecule has 1 saturated carbocycles. The topological polar surface area (TPSA) is 49.3 Å². The van der Waals surface area contributed by atoms with Gasteiger partial charge in [0.15, 0.2) is 5.82 Å². The van der Waals surface area contributed by atoms with Crippen LogP contribution in [0.2, 0.25) is 0 Å². The van der Waals surface area contributed by atoms with Gasteiger partial charge >= 0.3 is 0 Å². The fourth-order valence-electron chi connectivity index (χ4n) is 4.74. The Balaban J connectivity index is 1.70. The molecule has 1 saturated heterocycles. The van der Waals surface area contributed by atoms with Gasteiger partial charge in [-0.05, 0) is 44.6 Å². The third-order valence-electron chi connectivity index (χ3n) is 6.80. The number of hydrogen-bond donors (Lipinski definition) is 0. The summed E-state index contributed by atoms with van der Waals surface area (Å²) in [6.07, 6.45) is 10.0. The molecule has 2 aromatic rings. The molecule has 4 rings (SSSR count). The van der Waals surface area contributed by atoms with Gasteiger partial charge in [-0.3, -0.25) is 4.79 Å². The van der Waals surface area contributed by atoms with E-state index in [-0.39, 0.29) is 5.91 Å². The first kappa shape index (κ1) is 20.8. The fourth-order valence-corrected chi connectivity index (χ4v) is 4.74. The van der Waals surface area contributed by atoms with Crippen LogP contribution < -0.4 is 4.90 Å². The second-order valence-corrected chi connectivity index (χ2v) is 9.18. The number of amides is 1. The van der Waals surface area contributed by atoms with Crippen molar-refractivity contribution in [3.8, 4) is 11.4 Å². The largest absolute Gasteiger partial charge is 0.356 e.